The molecule has 100 valence electrons. The summed E-state index contributed by atoms with van der Waals surface area (Å²) in [6.07, 6.45) is 3.63. The van der Waals surface area contributed by atoms with Gasteiger partial charge in [-0.25, -0.2) is 0 Å². The lowest BCUT2D eigenvalue weighted by Crippen LogP contribution is -2.21. The smallest absolute Gasteiger partial charge is 0.261 e. The quantitative estimate of drug-likeness (QED) is 0.796. The molecule has 1 amide bonds. The molecule has 3 aromatic heterocycles. The first-order valence-corrected chi connectivity index (χ1v) is 7.88. The van der Waals surface area contributed by atoms with Crippen LogP contribution in [0.25, 0.3) is 10.4 Å². The van der Waals surface area contributed by atoms with Crippen LogP contribution in [0.1, 0.15) is 15.2 Å². The van der Waals surface area contributed by atoms with Crippen molar-refractivity contribution in [2.24, 2.45) is 0 Å². The van der Waals surface area contributed by atoms with Crippen LogP contribution in [0.3, 0.4) is 0 Å². The van der Waals surface area contributed by atoms with E-state index < -0.39 is 0 Å². The van der Waals surface area contributed by atoms with Gasteiger partial charge >= 0.3 is 0 Å². The lowest BCUT2D eigenvalue weighted by Gasteiger charge is -2.05. The molecule has 0 aliphatic rings. The first-order chi connectivity index (χ1) is 9.83. The fourth-order valence-corrected chi connectivity index (χ4v) is 3.19. The molecule has 0 spiro atoms. The van der Waals surface area contributed by atoms with Crippen LogP contribution >= 0.6 is 22.7 Å². The van der Waals surface area contributed by atoms with Gasteiger partial charge in [-0.05, 0) is 34.5 Å². The number of carbonyl (C=O) groups is 1. The van der Waals surface area contributed by atoms with Crippen molar-refractivity contribution in [3.63, 3.8) is 0 Å². The van der Waals surface area contributed by atoms with Gasteiger partial charge < -0.3 is 5.32 Å². The molecule has 0 aliphatic heterocycles. The van der Waals surface area contributed by atoms with E-state index in [2.05, 4.69) is 22.4 Å². The van der Waals surface area contributed by atoms with Crippen LogP contribution in [0.2, 0.25) is 0 Å². The largest absolute Gasteiger partial charge is 0.347 e. The Bertz CT molecular complexity index is 691. The lowest BCUT2D eigenvalue weighted by molar-refractivity contribution is 0.0955. The molecule has 3 aromatic rings. The van der Waals surface area contributed by atoms with Crippen molar-refractivity contribution >= 4 is 28.6 Å². The SMILES string of the molecule is O=C(NCc1cncc(-c2cccs2)c1)c1cccs1. The second-order valence-corrected chi connectivity index (χ2v) is 6.11. The third kappa shape index (κ3) is 2.95. The molecule has 0 bridgehead atoms. The zero-order chi connectivity index (χ0) is 13.8. The molecule has 0 atom stereocenters. The Kier molecular flexibility index (Phi) is 3.90. The standard InChI is InChI=1S/C15H12N2OS2/c18-15(14-4-2-6-20-14)17-9-11-7-12(10-16-8-11)13-3-1-5-19-13/h1-8,10H,9H2,(H,17,18). The van der Waals surface area contributed by atoms with E-state index >= 15 is 0 Å². The summed E-state index contributed by atoms with van der Waals surface area (Å²) < 4.78 is 0. The summed E-state index contributed by atoms with van der Waals surface area (Å²) in [5.74, 6) is -0.0403. The third-order valence-corrected chi connectivity index (χ3v) is 4.59. The summed E-state index contributed by atoms with van der Waals surface area (Å²) in [4.78, 5) is 18.0. The summed E-state index contributed by atoms with van der Waals surface area (Å²) in [6.45, 7) is 0.489. The van der Waals surface area contributed by atoms with Crippen molar-refractivity contribution in [2.75, 3.05) is 0 Å². The van der Waals surface area contributed by atoms with Gasteiger partial charge in [0.05, 0.1) is 4.88 Å². The summed E-state index contributed by atoms with van der Waals surface area (Å²) in [6, 6.07) is 9.84. The molecular weight excluding hydrogens is 288 g/mol. The van der Waals surface area contributed by atoms with Crippen LogP contribution in [0.5, 0.6) is 0 Å². The predicted octanol–water partition coefficient (Wildman–Crippen LogP) is 3.80. The highest BCUT2D eigenvalue weighted by Gasteiger charge is 2.06. The molecule has 20 heavy (non-hydrogen) atoms. The maximum atomic E-state index is 11.9. The van der Waals surface area contributed by atoms with Crippen LogP contribution in [0, 0.1) is 0 Å². The fraction of sp³-hybridized carbons (Fsp3) is 0.0667. The Balaban J connectivity index is 1.69. The first kappa shape index (κ1) is 13.0. The monoisotopic (exact) mass is 300 g/mol. The zero-order valence-electron chi connectivity index (χ0n) is 10.6. The Morgan fingerprint density at radius 1 is 1.15 bits per heavy atom. The molecule has 0 aromatic carbocycles. The fourth-order valence-electron chi connectivity index (χ4n) is 1.84. The van der Waals surface area contributed by atoms with E-state index in [0.29, 0.717) is 6.54 Å². The van der Waals surface area contributed by atoms with E-state index in [1.165, 1.54) is 16.2 Å². The van der Waals surface area contributed by atoms with E-state index in [1.807, 2.05) is 35.2 Å². The molecular formula is C15H12N2OS2. The van der Waals surface area contributed by atoms with Crippen molar-refractivity contribution in [3.05, 3.63) is 63.9 Å². The predicted molar refractivity (Wildman–Crippen MR) is 83.0 cm³/mol. The number of nitrogens with one attached hydrogen (secondary N) is 1. The van der Waals surface area contributed by atoms with Crippen LogP contribution in [-0.2, 0) is 6.54 Å². The highest BCUT2D eigenvalue weighted by Crippen LogP contribution is 2.24. The molecule has 5 heteroatoms. The molecule has 0 saturated heterocycles. The van der Waals surface area contributed by atoms with E-state index in [-0.39, 0.29) is 5.91 Å². The number of amides is 1. The molecule has 3 rings (SSSR count). The van der Waals surface area contributed by atoms with Crippen molar-refractivity contribution in [1.29, 1.82) is 0 Å². The molecule has 3 nitrogen and oxygen atoms in total. The van der Waals surface area contributed by atoms with Gasteiger partial charge in [0.1, 0.15) is 0 Å². The minimum atomic E-state index is -0.0403. The second-order valence-electron chi connectivity index (χ2n) is 4.22. The Hall–Kier alpha value is -1.98. The molecule has 0 aliphatic carbocycles. The number of nitrogens with zero attached hydrogens (tertiary/aromatic N) is 1. The Morgan fingerprint density at radius 3 is 2.75 bits per heavy atom. The van der Waals surface area contributed by atoms with Crippen LogP contribution in [0.15, 0.2) is 53.5 Å². The minimum Gasteiger partial charge on any atom is -0.347 e. The average Bonchev–Trinajstić information content (AvgIpc) is 3.17. The highest BCUT2D eigenvalue weighted by atomic mass is 32.1. The summed E-state index contributed by atoms with van der Waals surface area (Å²) in [5, 5.41) is 6.85. The third-order valence-electron chi connectivity index (χ3n) is 2.80. The van der Waals surface area contributed by atoms with E-state index in [0.717, 1.165) is 16.0 Å². The van der Waals surface area contributed by atoms with E-state index in [4.69, 9.17) is 0 Å². The lowest BCUT2D eigenvalue weighted by atomic mass is 10.2. The maximum absolute atomic E-state index is 11.9. The maximum Gasteiger partial charge on any atom is 0.261 e. The second kappa shape index (κ2) is 5.98. The van der Waals surface area contributed by atoms with E-state index in [1.54, 1.807) is 17.5 Å². The number of aromatic nitrogens is 1. The van der Waals surface area contributed by atoms with Crippen molar-refractivity contribution in [2.45, 2.75) is 6.54 Å². The van der Waals surface area contributed by atoms with Gasteiger partial charge in [0.2, 0.25) is 0 Å². The number of carbonyl (C=O) groups excluding carboxylic acids is 1. The molecule has 3 heterocycles. The van der Waals surface area contributed by atoms with Crippen LogP contribution < -0.4 is 5.32 Å². The molecule has 0 saturated carbocycles. The van der Waals surface area contributed by atoms with Gasteiger partial charge in [0.25, 0.3) is 5.91 Å². The number of rotatable bonds is 4. The number of hydrogen-bond donors (Lipinski definition) is 1. The van der Waals surface area contributed by atoms with Gasteiger partial charge in [-0.15, -0.1) is 22.7 Å². The molecule has 0 fully saturated rings. The summed E-state index contributed by atoms with van der Waals surface area (Å²) in [5.41, 5.74) is 2.09. The Labute approximate surface area is 124 Å². The van der Waals surface area contributed by atoms with Gasteiger partial charge in [0, 0.05) is 29.4 Å². The van der Waals surface area contributed by atoms with Crippen LogP contribution in [-0.4, -0.2) is 10.9 Å². The minimum absolute atomic E-state index is 0.0403. The van der Waals surface area contributed by atoms with Gasteiger partial charge in [-0.2, -0.15) is 0 Å². The van der Waals surface area contributed by atoms with E-state index in [9.17, 15) is 4.79 Å². The van der Waals surface area contributed by atoms with Crippen molar-refractivity contribution < 1.29 is 4.79 Å². The Morgan fingerprint density at radius 2 is 2.00 bits per heavy atom. The topological polar surface area (TPSA) is 42.0 Å². The molecule has 1 N–H and O–H groups in total. The average molecular weight is 300 g/mol. The first-order valence-electron chi connectivity index (χ1n) is 6.12. The molecule has 0 unspecified atom stereocenters. The zero-order valence-corrected chi connectivity index (χ0v) is 12.2. The van der Waals surface area contributed by atoms with Crippen molar-refractivity contribution in [3.8, 4) is 10.4 Å². The molecule has 0 radical (unpaired) electrons. The number of hydrogen-bond acceptors (Lipinski definition) is 4. The van der Waals surface area contributed by atoms with Crippen molar-refractivity contribution in [1.82, 2.24) is 10.3 Å². The summed E-state index contributed by atoms with van der Waals surface area (Å²) >= 11 is 3.12. The van der Waals surface area contributed by atoms with Gasteiger partial charge in [0.15, 0.2) is 0 Å². The van der Waals surface area contributed by atoms with Crippen LogP contribution in [0.4, 0.5) is 0 Å². The van der Waals surface area contributed by atoms with Gasteiger partial charge in [-0.1, -0.05) is 12.1 Å². The van der Waals surface area contributed by atoms with Gasteiger partial charge in [-0.3, -0.25) is 9.78 Å². The normalized spacial score (nSPS) is 10.4. The highest BCUT2D eigenvalue weighted by molar-refractivity contribution is 7.13. The number of pyridine rings is 1. The summed E-state index contributed by atoms with van der Waals surface area (Å²) in [7, 11) is 0. The number of thiophene rings is 2.